The van der Waals surface area contributed by atoms with Crippen molar-refractivity contribution in [2.45, 2.75) is 25.8 Å². The Morgan fingerprint density at radius 3 is 2.60 bits per heavy atom. The quantitative estimate of drug-likeness (QED) is 0.662. The van der Waals surface area contributed by atoms with Crippen LogP contribution in [0.15, 0.2) is 24.3 Å². The number of rotatable bonds is 9. The van der Waals surface area contributed by atoms with Gasteiger partial charge in [-0.15, -0.1) is 0 Å². The smallest absolute Gasteiger partial charge is 0.235 e. The van der Waals surface area contributed by atoms with Crippen LogP contribution in [0, 0.1) is 5.82 Å². The topological polar surface area (TPSA) is 69.7 Å². The van der Waals surface area contributed by atoms with E-state index in [0.717, 1.165) is 36.6 Å². The number of carbonyl (C=O) groups excluding carboxylic acids is 1. The molecule has 1 aliphatic heterocycles. The van der Waals surface area contributed by atoms with Crippen molar-refractivity contribution in [1.82, 2.24) is 14.5 Å². The Morgan fingerprint density at radius 2 is 1.96 bits per heavy atom. The minimum atomic E-state index is -3.62. The number of sulfonamides is 1. The highest BCUT2D eigenvalue weighted by Gasteiger charge is 2.21. The zero-order valence-corrected chi connectivity index (χ0v) is 15.4. The molecule has 1 aromatic carbocycles. The number of benzene rings is 1. The van der Waals surface area contributed by atoms with Gasteiger partial charge >= 0.3 is 0 Å². The molecule has 0 saturated carbocycles. The average molecular weight is 371 g/mol. The summed E-state index contributed by atoms with van der Waals surface area (Å²) >= 11 is 0. The molecule has 1 saturated heterocycles. The molecule has 8 heteroatoms. The lowest BCUT2D eigenvalue weighted by atomic mass is 10.2. The number of nitrogens with one attached hydrogen (secondary N) is 1. The van der Waals surface area contributed by atoms with E-state index in [1.165, 1.54) is 31.0 Å². The van der Waals surface area contributed by atoms with Gasteiger partial charge in [-0.1, -0.05) is 18.2 Å². The zero-order chi connectivity index (χ0) is 18.3. The predicted octanol–water partition coefficient (Wildman–Crippen LogP) is 1.19. The van der Waals surface area contributed by atoms with Gasteiger partial charge < -0.3 is 10.2 Å². The Hall–Kier alpha value is -1.51. The fraction of sp³-hybridized carbons (Fsp3) is 0.588. The van der Waals surface area contributed by atoms with Crippen LogP contribution in [0.5, 0.6) is 0 Å². The van der Waals surface area contributed by atoms with E-state index in [1.807, 2.05) is 0 Å². The van der Waals surface area contributed by atoms with Crippen LogP contribution in [-0.4, -0.2) is 62.5 Å². The Labute approximate surface area is 149 Å². The standard InChI is InChI=1S/C17H26FN3O3S/c1-25(23,24)21(13-15-7-2-3-8-16(15)18)14-17(22)19-9-6-12-20-10-4-5-11-20/h2-3,7-8H,4-6,9-14H2,1H3,(H,19,22). The van der Waals surface area contributed by atoms with E-state index in [-0.39, 0.29) is 24.6 Å². The molecule has 1 heterocycles. The number of hydrogen-bond acceptors (Lipinski definition) is 4. The van der Waals surface area contributed by atoms with Crippen LogP contribution in [0.25, 0.3) is 0 Å². The molecular weight excluding hydrogens is 345 g/mol. The SMILES string of the molecule is CS(=O)(=O)N(CC(=O)NCCCN1CCCC1)Cc1ccccc1F. The highest BCUT2D eigenvalue weighted by molar-refractivity contribution is 7.88. The number of amides is 1. The van der Waals surface area contributed by atoms with Crippen molar-refractivity contribution in [3.8, 4) is 0 Å². The molecule has 0 radical (unpaired) electrons. The fourth-order valence-corrected chi connectivity index (χ4v) is 3.59. The molecule has 0 aliphatic carbocycles. The maximum Gasteiger partial charge on any atom is 0.235 e. The molecule has 6 nitrogen and oxygen atoms in total. The first-order chi connectivity index (χ1) is 11.9. The van der Waals surface area contributed by atoms with Gasteiger partial charge in [0.1, 0.15) is 5.82 Å². The number of nitrogens with zero attached hydrogens (tertiary/aromatic N) is 2. The van der Waals surface area contributed by atoms with Gasteiger partial charge in [0.25, 0.3) is 0 Å². The van der Waals surface area contributed by atoms with Gasteiger partial charge in [-0.05, 0) is 45.0 Å². The maximum absolute atomic E-state index is 13.7. The minimum absolute atomic E-state index is 0.160. The van der Waals surface area contributed by atoms with Crippen LogP contribution in [0.2, 0.25) is 0 Å². The largest absolute Gasteiger partial charge is 0.355 e. The number of hydrogen-bond donors (Lipinski definition) is 1. The minimum Gasteiger partial charge on any atom is -0.355 e. The van der Waals surface area contributed by atoms with Crippen LogP contribution in [0.3, 0.4) is 0 Å². The van der Waals surface area contributed by atoms with E-state index in [4.69, 9.17) is 0 Å². The van der Waals surface area contributed by atoms with Gasteiger partial charge in [0.15, 0.2) is 0 Å². The Balaban J connectivity index is 1.82. The highest BCUT2D eigenvalue weighted by Crippen LogP contribution is 2.12. The third-order valence-corrected chi connectivity index (χ3v) is 5.46. The van der Waals surface area contributed by atoms with E-state index in [1.54, 1.807) is 6.07 Å². The molecule has 0 atom stereocenters. The van der Waals surface area contributed by atoms with Gasteiger partial charge in [-0.3, -0.25) is 4.79 Å². The molecule has 1 N–H and O–H groups in total. The summed E-state index contributed by atoms with van der Waals surface area (Å²) in [5.74, 6) is -0.856. The van der Waals surface area contributed by atoms with Gasteiger partial charge in [0.05, 0.1) is 12.8 Å². The first kappa shape index (κ1) is 19.8. The Bertz CT molecular complexity index is 675. The summed E-state index contributed by atoms with van der Waals surface area (Å²) in [7, 11) is -3.62. The normalized spacial score (nSPS) is 15.6. The number of likely N-dealkylation sites (tertiary alicyclic amines) is 1. The summed E-state index contributed by atoms with van der Waals surface area (Å²) in [5.41, 5.74) is 0.245. The Kier molecular flexibility index (Phi) is 7.34. The van der Waals surface area contributed by atoms with Crippen molar-refractivity contribution >= 4 is 15.9 Å². The third kappa shape index (κ3) is 6.72. The first-order valence-corrected chi connectivity index (χ1v) is 10.4. The van der Waals surface area contributed by atoms with Crippen LogP contribution >= 0.6 is 0 Å². The lowest BCUT2D eigenvalue weighted by molar-refractivity contribution is -0.121. The molecule has 0 aromatic heterocycles. The Morgan fingerprint density at radius 1 is 1.28 bits per heavy atom. The maximum atomic E-state index is 13.7. The van der Waals surface area contributed by atoms with E-state index >= 15 is 0 Å². The molecular formula is C17H26FN3O3S. The summed E-state index contributed by atoms with van der Waals surface area (Å²) in [6.45, 7) is 3.19. The van der Waals surface area contributed by atoms with Gasteiger partial charge in [0, 0.05) is 18.7 Å². The van der Waals surface area contributed by atoms with Crippen molar-refractivity contribution in [3.05, 3.63) is 35.6 Å². The van der Waals surface area contributed by atoms with Gasteiger partial charge in [-0.2, -0.15) is 4.31 Å². The van der Waals surface area contributed by atoms with Gasteiger partial charge in [0.2, 0.25) is 15.9 Å². The van der Waals surface area contributed by atoms with Crippen molar-refractivity contribution in [3.63, 3.8) is 0 Å². The van der Waals surface area contributed by atoms with Crippen molar-refractivity contribution in [1.29, 1.82) is 0 Å². The van der Waals surface area contributed by atoms with Crippen LogP contribution in [-0.2, 0) is 21.4 Å². The summed E-state index contributed by atoms with van der Waals surface area (Å²) in [6.07, 6.45) is 4.31. The molecule has 0 unspecified atom stereocenters. The molecule has 1 aromatic rings. The molecule has 2 rings (SSSR count). The second-order valence-electron chi connectivity index (χ2n) is 6.37. The summed E-state index contributed by atoms with van der Waals surface area (Å²) in [6, 6.07) is 5.96. The van der Waals surface area contributed by atoms with Crippen molar-refractivity contribution in [2.75, 3.05) is 39.0 Å². The summed E-state index contributed by atoms with van der Waals surface area (Å²) in [4.78, 5) is 14.4. The summed E-state index contributed by atoms with van der Waals surface area (Å²) < 4.78 is 38.5. The molecule has 1 fully saturated rings. The average Bonchev–Trinajstić information content (AvgIpc) is 3.05. The molecule has 0 bridgehead atoms. The van der Waals surface area contributed by atoms with Crippen molar-refractivity contribution < 1.29 is 17.6 Å². The van der Waals surface area contributed by atoms with E-state index < -0.39 is 15.8 Å². The van der Waals surface area contributed by atoms with E-state index in [2.05, 4.69) is 10.2 Å². The predicted molar refractivity (Wildman–Crippen MR) is 95.0 cm³/mol. The molecule has 0 spiro atoms. The molecule has 1 aliphatic rings. The fourth-order valence-electron chi connectivity index (χ4n) is 2.86. The molecule has 1 amide bonds. The van der Waals surface area contributed by atoms with Crippen LogP contribution in [0.1, 0.15) is 24.8 Å². The third-order valence-electron chi connectivity index (χ3n) is 4.27. The first-order valence-electron chi connectivity index (χ1n) is 8.54. The lowest BCUT2D eigenvalue weighted by Gasteiger charge is -2.20. The second-order valence-corrected chi connectivity index (χ2v) is 8.36. The van der Waals surface area contributed by atoms with Gasteiger partial charge in [-0.25, -0.2) is 12.8 Å². The molecule has 25 heavy (non-hydrogen) atoms. The monoisotopic (exact) mass is 371 g/mol. The number of halogens is 1. The summed E-state index contributed by atoms with van der Waals surface area (Å²) in [5, 5.41) is 2.74. The second kappa shape index (κ2) is 9.26. The molecule has 140 valence electrons. The van der Waals surface area contributed by atoms with Crippen LogP contribution < -0.4 is 5.32 Å². The number of carbonyl (C=O) groups is 1. The van der Waals surface area contributed by atoms with E-state index in [0.29, 0.717) is 6.54 Å². The zero-order valence-electron chi connectivity index (χ0n) is 14.6. The highest BCUT2D eigenvalue weighted by atomic mass is 32.2. The van der Waals surface area contributed by atoms with Crippen LogP contribution in [0.4, 0.5) is 4.39 Å². The van der Waals surface area contributed by atoms with E-state index in [9.17, 15) is 17.6 Å². The van der Waals surface area contributed by atoms with Crippen molar-refractivity contribution in [2.24, 2.45) is 0 Å². The lowest BCUT2D eigenvalue weighted by Crippen LogP contribution is -2.40.